The highest BCUT2D eigenvalue weighted by atomic mass is 35.5. The second kappa shape index (κ2) is 8.77. The van der Waals surface area contributed by atoms with Crippen LogP contribution in [0.2, 0.25) is 5.02 Å². The predicted octanol–water partition coefficient (Wildman–Crippen LogP) is 3.78. The van der Waals surface area contributed by atoms with Gasteiger partial charge in [-0.25, -0.2) is 17.9 Å². The van der Waals surface area contributed by atoms with E-state index < -0.39 is 16.0 Å². The summed E-state index contributed by atoms with van der Waals surface area (Å²) in [6.45, 7) is 3.52. The summed E-state index contributed by atoms with van der Waals surface area (Å²) in [6, 6.07) is 13.0. The molecule has 0 amide bonds. The molecule has 29 heavy (non-hydrogen) atoms. The van der Waals surface area contributed by atoms with E-state index in [1.165, 1.54) is 18.2 Å². The van der Waals surface area contributed by atoms with Crippen LogP contribution in [0.1, 0.15) is 32.9 Å². The summed E-state index contributed by atoms with van der Waals surface area (Å²) in [6.07, 6.45) is 0. The molecular formula is C20H19ClN2O5S. The number of sulfonamides is 1. The fourth-order valence-corrected chi connectivity index (χ4v) is 4.16. The van der Waals surface area contributed by atoms with E-state index in [1.54, 1.807) is 26.0 Å². The number of nitrogens with one attached hydrogen (secondary N) is 1. The first-order valence-corrected chi connectivity index (χ1v) is 10.6. The molecule has 0 aliphatic heterocycles. The Bertz CT molecular complexity index is 1110. The third-order valence-corrected chi connectivity index (χ3v) is 6.18. The topological polar surface area (TPSA) is 98.5 Å². The van der Waals surface area contributed by atoms with E-state index in [0.29, 0.717) is 17.0 Å². The zero-order valence-electron chi connectivity index (χ0n) is 15.8. The van der Waals surface area contributed by atoms with Gasteiger partial charge in [-0.05, 0) is 37.6 Å². The van der Waals surface area contributed by atoms with Crippen molar-refractivity contribution in [2.45, 2.75) is 31.9 Å². The molecule has 2 aromatic carbocycles. The van der Waals surface area contributed by atoms with Crippen LogP contribution in [0, 0.1) is 13.8 Å². The Labute approximate surface area is 173 Å². The maximum Gasteiger partial charge on any atom is 0.338 e. The Kier molecular flexibility index (Phi) is 6.36. The van der Waals surface area contributed by atoms with Crippen LogP contribution in [0.3, 0.4) is 0 Å². The quantitative estimate of drug-likeness (QED) is 0.568. The lowest BCUT2D eigenvalue weighted by molar-refractivity contribution is 0.0470. The van der Waals surface area contributed by atoms with Crippen molar-refractivity contribution < 1.29 is 22.5 Å². The average Bonchev–Trinajstić information content (AvgIpc) is 3.03. The standard InChI is InChI=1S/C20H19ClN2O5S/c1-13-17(14(2)28-23-13)12-27-20(24)16-8-9-18(21)19(10-16)29(25,26)22-11-15-6-4-3-5-7-15/h3-10,22H,11-12H2,1-2H3. The minimum absolute atomic E-state index is 0.00725. The van der Waals surface area contributed by atoms with Gasteiger partial charge in [0, 0.05) is 6.54 Å². The van der Waals surface area contributed by atoms with Crippen molar-refractivity contribution in [3.63, 3.8) is 0 Å². The summed E-state index contributed by atoms with van der Waals surface area (Å²) in [5.74, 6) is -0.124. The second-order valence-electron chi connectivity index (χ2n) is 6.33. The van der Waals surface area contributed by atoms with Crippen LogP contribution in [0.4, 0.5) is 0 Å². The summed E-state index contributed by atoms with van der Waals surface area (Å²) in [7, 11) is -3.93. The van der Waals surface area contributed by atoms with Gasteiger partial charge in [-0.1, -0.05) is 47.1 Å². The number of hydrogen-bond acceptors (Lipinski definition) is 6. The van der Waals surface area contributed by atoms with Crippen molar-refractivity contribution in [1.29, 1.82) is 0 Å². The maximum absolute atomic E-state index is 12.7. The summed E-state index contributed by atoms with van der Waals surface area (Å²) < 4.78 is 38.1. The zero-order chi connectivity index (χ0) is 21.0. The number of esters is 1. The van der Waals surface area contributed by atoms with Crippen molar-refractivity contribution in [2.75, 3.05) is 0 Å². The summed E-state index contributed by atoms with van der Waals surface area (Å²) in [5, 5.41) is 3.81. The van der Waals surface area contributed by atoms with E-state index in [-0.39, 0.29) is 28.6 Å². The van der Waals surface area contributed by atoms with Crippen molar-refractivity contribution in [2.24, 2.45) is 0 Å². The number of carbonyl (C=O) groups is 1. The van der Waals surface area contributed by atoms with Gasteiger partial charge in [-0.2, -0.15) is 0 Å². The molecule has 152 valence electrons. The van der Waals surface area contributed by atoms with Crippen molar-refractivity contribution in [1.82, 2.24) is 9.88 Å². The first-order valence-electron chi connectivity index (χ1n) is 8.70. The number of benzene rings is 2. The van der Waals surface area contributed by atoms with Crippen LogP contribution in [0.25, 0.3) is 0 Å². The molecule has 0 atom stereocenters. The molecule has 0 spiro atoms. The fourth-order valence-electron chi connectivity index (χ4n) is 2.62. The smallest absolute Gasteiger partial charge is 0.338 e. The molecular weight excluding hydrogens is 416 g/mol. The monoisotopic (exact) mass is 434 g/mol. The van der Waals surface area contributed by atoms with Crippen LogP contribution < -0.4 is 4.72 Å². The lowest BCUT2D eigenvalue weighted by Gasteiger charge is -2.10. The van der Waals surface area contributed by atoms with Crippen molar-refractivity contribution in [3.05, 3.63) is 81.7 Å². The molecule has 3 rings (SSSR count). The number of aryl methyl sites for hydroxylation is 2. The van der Waals surface area contributed by atoms with Crippen LogP contribution in [-0.2, 0) is 27.9 Å². The van der Waals surface area contributed by atoms with Gasteiger partial charge in [-0.15, -0.1) is 0 Å². The average molecular weight is 435 g/mol. The van der Waals surface area contributed by atoms with Crippen LogP contribution in [0.15, 0.2) is 57.9 Å². The Hall–Kier alpha value is -2.68. The van der Waals surface area contributed by atoms with E-state index in [2.05, 4.69) is 9.88 Å². The molecule has 9 heteroatoms. The summed E-state index contributed by atoms with van der Waals surface area (Å²) >= 11 is 6.08. The van der Waals surface area contributed by atoms with E-state index in [1.807, 2.05) is 18.2 Å². The number of carbonyl (C=O) groups excluding carboxylic acids is 1. The second-order valence-corrected chi connectivity index (χ2v) is 8.48. The van der Waals surface area contributed by atoms with Gasteiger partial charge in [0.1, 0.15) is 17.3 Å². The van der Waals surface area contributed by atoms with Gasteiger partial charge in [-0.3, -0.25) is 0 Å². The Morgan fingerprint density at radius 1 is 1.17 bits per heavy atom. The molecule has 0 fully saturated rings. The number of nitrogens with zero attached hydrogens (tertiary/aromatic N) is 1. The van der Waals surface area contributed by atoms with E-state index in [9.17, 15) is 13.2 Å². The maximum atomic E-state index is 12.7. The predicted molar refractivity (Wildman–Crippen MR) is 107 cm³/mol. The third-order valence-electron chi connectivity index (χ3n) is 4.29. The minimum atomic E-state index is -3.93. The molecule has 0 unspecified atom stereocenters. The van der Waals surface area contributed by atoms with E-state index >= 15 is 0 Å². The van der Waals surface area contributed by atoms with Crippen LogP contribution >= 0.6 is 11.6 Å². The molecule has 7 nitrogen and oxygen atoms in total. The van der Waals surface area contributed by atoms with Gasteiger partial charge in [0.15, 0.2) is 0 Å². The van der Waals surface area contributed by atoms with Gasteiger partial charge in [0.2, 0.25) is 10.0 Å². The third kappa shape index (κ3) is 5.03. The Balaban J connectivity index is 1.75. The summed E-state index contributed by atoms with van der Waals surface area (Å²) in [5.41, 5.74) is 2.16. The molecule has 3 aromatic rings. The molecule has 0 bridgehead atoms. The molecule has 0 saturated carbocycles. The highest BCUT2D eigenvalue weighted by Crippen LogP contribution is 2.24. The van der Waals surface area contributed by atoms with Gasteiger partial charge in [0.25, 0.3) is 0 Å². The normalized spacial score (nSPS) is 11.4. The van der Waals surface area contributed by atoms with Crippen molar-refractivity contribution >= 4 is 27.6 Å². The Morgan fingerprint density at radius 3 is 2.55 bits per heavy atom. The Morgan fingerprint density at radius 2 is 1.90 bits per heavy atom. The number of rotatable bonds is 7. The molecule has 0 radical (unpaired) electrons. The molecule has 0 aliphatic carbocycles. The van der Waals surface area contributed by atoms with Crippen molar-refractivity contribution in [3.8, 4) is 0 Å². The number of aromatic nitrogens is 1. The highest BCUT2D eigenvalue weighted by Gasteiger charge is 2.21. The lowest BCUT2D eigenvalue weighted by Crippen LogP contribution is -2.24. The van der Waals surface area contributed by atoms with Gasteiger partial charge >= 0.3 is 5.97 Å². The zero-order valence-corrected chi connectivity index (χ0v) is 17.4. The fraction of sp³-hybridized carbons (Fsp3) is 0.200. The number of ether oxygens (including phenoxy) is 1. The van der Waals surface area contributed by atoms with E-state index in [4.69, 9.17) is 20.9 Å². The van der Waals surface area contributed by atoms with Gasteiger partial charge in [0.05, 0.1) is 21.8 Å². The molecule has 0 saturated heterocycles. The van der Waals surface area contributed by atoms with E-state index in [0.717, 1.165) is 5.56 Å². The molecule has 0 aliphatic rings. The number of hydrogen-bond donors (Lipinski definition) is 1. The van der Waals surface area contributed by atoms with Gasteiger partial charge < -0.3 is 9.26 Å². The van der Waals surface area contributed by atoms with Crippen LogP contribution in [-0.4, -0.2) is 19.5 Å². The van der Waals surface area contributed by atoms with Crippen LogP contribution in [0.5, 0.6) is 0 Å². The minimum Gasteiger partial charge on any atom is -0.457 e. The highest BCUT2D eigenvalue weighted by molar-refractivity contribution is 7.89. The number of halogens is 1. The molecule has 1 N–H and O–H groups in total. The largest absolute Gasteiger partial charge is 0.457 e. The molecule has 1 aromatic heterocycles. The first kappa shape index (κ1) is 21.0. The lowest BCUT2D eigenvalue weighted by atomic mass is 10.2. The summed E-state index contributed by atoms with van der Waals surface area (Å²) in [4.78, 5) is 12.2. The molecule has 1 heterocycles. The SMILES string of the molecule is Cc1noc(C)c1COC(=O)c1ccc(Cl)c(S(=O)(=O)NCc2ccccc2)c1. The first-order chi connectivity index (χ1) is 13.8.